The Hall–Kier alpha value is -2.34. The third kappa shape index (κ3) is 2.80. The van der Waals surface area contributed by atoms with E-state index in [4.69, 9.17) is 4.74 Å². The SMILES string of the molecule is CC(C)(C)OC(=O)N1CC(O)(CC2c3ccccc3-c3cncn32)C1. The summed E-state index contributed by atoms with van der Waals surface area (Å²) in [5, 5.41) is 10.9. The van der Waals surface area contributed by atoms with Gasteiger partial charge in [-0.1, -0.05) is 24.3 Å². The zero-order chi connectivity index (χ0) is 17.8. The average molecular weight is 341 g/mol. The van der Waals surface area contributed by atoms with Crippen molar-refractivity contribution >= 4 is 6.09 Å². The highest BCUT2D eigenvalue weighted by Gasteiger charge is 2.48. The normalized spacial score (nSPS) is 20.6. The number of β-amino-alcohol motifs (C(OH)–C–C–N with tert-alkyl or cyclic N) is 1. The molecule has 2 aliphatic heterocycles. The van der Waals surface area contributed by atoms with Gasteiger partial charge in [0.15, 0.2) is 0 Å². The van der Waals surface area contributed by atoms with E-state index in [1.54, 1.807) is 4.90 Å². The van der Waals surface area contributed by atoms with Gasteiger partial charge in [-0.15, -0.1) is 0 Å². The maximum atomic E-state index is 12.1. The molecule has 1 fully saturated rings. The number of rotatable bonds is 2. The minimum Gasteiger partial charge on any atom is -0.444 e. The molecule has 1 atom stereocenters. The lowest BCUT2D eigenvalue weighted by molar-refractivity contribution is -0.106. The molecule has 3 heterocycles. The smallest absolute Gasteiger partial charge is 0.410 e. The van der Waals surface area contributed by atoms with Gasteiger partial charge in [0.25, 0.3) is 0 Å². The lowest BCUT2D eigenvalue weighted by atomic mass is 9.85. The Bertz CT molecular complexity index is 815. The number of carbonyl (C=O) groups is 1. The van der Waals surface area contributed by atoms with E-state index < -0.39 is 11.2 Å². The molecule has 1 N–H and O–H groups in total. The van der Waals surface area contributed by atoms with Crippen molar-refractivity contribution in [3.05, 3.63) is 42.4 Å². The van der Waals surface area contributed by atoms with Crippen LogP contribution in [0.4, 0.5) is 4.79 Å². The third-order valence-electron chi connectivity index (χ3n) is 4.79. The van der Waals surface area contributed by atoms with Crippen LogP contribution >= 0.6 is 0 Å². The Balaban J connectivity index is 1.48. The largest absolute Gasteiger partial charge is 0.444 e. The number of fused-ring (bicyclic) bond motifs is 3. The van der Waals surface area contributed by atoms with E-state index in [-0.39, 0.29) is 12.1 Å². The van der Waals surface area contributed by atoms with Crippen molar-refractivity contribution in [2.45, 2.75) is 44.4 Å². The minimum absolute atomic E-state index is 0.0412. The van der Waals surface area contributed by atoms with Crippen molar-refractivity contribution in [2.24, 2.45) is 0 Å². The predicted octanol–water partition coefficient (Wildman–Crippen LogP) is 2.82. The lowest BCUT2D eigenvalue weighted by Gasteiger charge is -2.47. The molecule has 1 amide bonds. The zero-order valence-electron chi connectivity index (χ0n) is 14.8. The Morgan fingerprint density at radius 1 is 1.36 bits per heavy atom. The molecule has 6 nitrogen and oxygen atoms in total. The van der Waals surface area contributed by atoms with Gasteiger partial charge in [-0.3, -0.25) is 0 Å². The first kappa shape index (κ1) is 16.1. The Labute approximate surface area is 147 Å². The van der Waals surface area contributed by atoms with Crippen LogP contribution in [0.2, 0.25) is 0 Å². The summed E-state index contributed by atoms with van der Waals surface area (Å²) >= 11 is 0. The van der Waals surface area contributed by atoms with Crippen LogP contribution in [0.15, 0.2) is 36.8 Å². The molecule has 0 radical (unpaired) electrons. The molecule has 25 heavy (non-hydrogen) atoms. The monoisotopic (exact) mass is 341 g/mol. The number of benzene rings is 1. The maximum Gasteiger partial charge on any atom is 0.410 e. The molecule has 0 bridgehead atoms. The molecule has 6 heteroatoms. The molecule has 0 spiro atoms. The van der Waals surface area contributed by atoms with Crippen LogP contribution in [0.3, 0.4) is 0 Å². The van der Waals surface area contributed by atoms with Crippen molar-refractivity contribution in [2.75, 3.05) is 13.1 Å². The van der Waals surface area contributed by atoms with Crippen LogP contribution in [-0.2, 0) is 4.74 Å². The van der Waals surface area contributed by atoms with Gasteiger partial charge in [0.05, 0.1) is 37.3 Å². The number of carbonyl (C=O) groups excluding carboxylic acids is 1. The van der Waals surface area contributed by atoms with Gasteiger partial charge in [-0.2, -0.15) is 0 Å². The highest BCUT2D eigenvalue weighted by Crippen LogP contribution is 2.44. The van der Waals surface area contributed by atoms with Gasteiger partial charge in [0.1, 0.15) is 11.2 Å². The summed E-state index contributed by atoms with van der Waals surface area (Å²) in [6, 6.07) is 8.26. The number of imidazole rings is 1. The standard InChI is InChI=1S/C19H23N3O3/c1-18(2,3)25-17(23)21-10-19(24,11-21)8-15-13-6-4-5-7-14(13)16-9-20-12-22(15)16/h4-7,9,12,15,24H,8,10-11H2,1-3H3. The number of hydrogen-bond acceptors (Lipinski definition) is 4. The summed E-state index contributed by atoms with van der Waals surface area (Å²) in [7, 11) is 0. The number of hydrogen-bond donors (Lipinski definition) is 1. The lowest BCUT2D eigenvalue weighted by Crippen LogP contribution is -2.64. The first-order valence-electron chi connectivity index (χ1n) is 8.57. The first-order chi connectivity index (χ1) is 11.8. The van der Waals surface area contributed by atoms with E-state index >= 15 is 0 Å². The van der Waals surface area contributed by atoms with E-state index in [1.807, 2.05) is 45.4 Å². The second-order valence-corrected chi connectivity index (χ2v) is 8.05. The second-order valence-electron chi connectivity index (χ2n) is 8.05. The quantitative estimate of drug-likeness (QED) is 0.912. The molecule has 2 aliphatic rings. The Morgan fingerprint density at radius 3 is 2.80 bits per heavy atom. The Morgan fingerprint density at radius 2 is 2.08 bits per heavy atom. The molecular weight excluding hydrogens is 318 g/mol. The van der Waals surface area contributed by atoms with Gasteiger partial charge in [-0.25, -0.2) is 9.78 Å². The average Bonchev–Trinajstić information content (AvgIpc) is 3.06. The summed E-state index contributed by atoms with van der Waals surface area (Å²) in [5.74, 6) is 0. The fraction of sp³-hybridized carbons (Fsp3) is 0.474. The second kappa shape index (κ2) is 5.33. The van der Waals surface area contributed by atoms with Crippen LogP contribution in [-0.4, -0.2) is 49.9 Å². The summed E-state index contributed by atoms with van der Waals surface area (Å²) in [6.45, 7) is 6.11. The molecule has 1 aromatic heterocycles. The highest BCUT2D eigenvalue weighted by atomic mass is 16.6. The van der Waals surface area contributed by atoms with E-state index in [0.29, 0.717) is 19.5 Å². The fourth-order valence-corrected chi connectivity index (χ4v) is 3.75. The van der Waals surface area contributed by atoms with Crippen LogP contribution in [0.1, 0.15) is 38.8 Å². The van der Waals surface area contributed by atoms with Gasteiger partial charge in [-0.05, 0) is 26.3 Å². The van der Waals surface area contributed by atoms with Crippen molar-refractivity contribution in [1.29, 1.82) is 0 Å². The molecule has 0 saturated carbocycles. The van der Waals surface area contributed by atoms with Gasteiger partial charge in [0, 0.05) is 12.0 Å². The van der Waals surface area contributed by atoms with E-state index in [2.05, 4.69) is 21.7 Å². The number of likely N-dealkylation sites (tertiary alicyclic amines) is 1. The van der Waals surface area contributed by atoms with Crippen LogP contribution in [0.25, 0.3) is 11.3 Å². The topological polar surface area (TPSA) is 67.6 Å². The number of nitrogens with zero attached hydrogens (tertiary/aromatic N) is 3. The van der Waals surface area contributed by atoms with Gasteiger partial charge < -0.3 is 19.3 Å². The molecule has 0 aliphatic carbocycles. The van der Waals surface area contributed by atoms with Crippen molar-refractivity contribution in [1.82, 2.24) is 14.5 Å². The van der Waals surface area contributed by atoms with Crippen molar-refractivity contribution in [3.63, 3.8) is 0 Å². The van der Waals surface area contributed by atoms with Crippen molar-refractivity contribution in [3.8, 4) is 11.3 Å². The van der Waals surface area contributed by atoms with E-state index in [1.165, 1.54) is 5.56 Å². The first-order valence-corrected chi connectivity index (χ1v) is 8.57. The van der Waals surface area contributed by atoms with Gasteiger partial charge >= 0.3 is 6.09 Å². The van der Waals surface area contributed by atoms with Crippen LogP contribution < -0.4 is 0 Å². The highest BCUT2D eigenvalue weighted by molar-refractivity contribution is 5.70. The van der Waals surface area contributed by atoms with Crippen LogP contribution in [0, 0.1) is 0 Å². The molecule has 132 valence electrons. The molecular formula is C19H23N3O3. The minimum atomic E-state index is -0.902. The van der Waals surface area contributed by atoms with E-state index in [9.17, 15) is 9.90 Å². The number of amides is 1. The number of ether oxygens (including phenoxy) is 1. The molecule has 1 saturated heterocycles. The van der Waals surface area contributed by atoms with Crippen molar-refractivity contribution < 1.29 is 14.6 Å². The number of aromatic nitrogens is 2. The molecule has 4 rings (SSSR count). The van der Waals surface area contributed by atoms with E-state index in [0.717, 1.165) is 11.3 Å². The third-order valence-corrected chi connectivity index (χ3v) is 4.79. The van der Waals surface area contributed by atoms with Gasteiger partial charge in [0.2, 0.25) is 0 Å². The molecule has 1 aromatic carbocycles. The molecule has 1 unspecified atom stereocenters. The summed E-state index contributed by atoms with van der Waals surface area (Å²) in [4.78, 5) is 17.9. The fourth-order valence-electron chi connectivity index (χ4n) is 3.75. The summed E-state index contributed by atoms with van der Waals surface area (Å²) in [5.41, 5.74) is 2.01. The summed E-state index contributed by atoms with van der Waals surface area (Å²) < 4.78 is 7.48. The van der Waals surface area contributed by atoms with Crippen LogP contribution in [0.5, 0.6) is 0 Å². The summed E-state index contributed by atoms with van der Waals surface area (Å²) in [6.07, 6.45) is 3.85. The zero-order valence-corrected chi connectivity index (χ0v) is 14.8. The molecule has 2 aromatic rings. The Kier molecular flexibility index (Phi) is 3.44. The predicted molar refractivity (Wildman–Crippen MR) is 93.2 cm³/mol. The maximum absolute atomic E-state index is 12.1. The number of aliphatic hydroxyl groups is 1.